The number of ether oxygens (including phenoxy) is 1. The first-order valence-corrected chi connectivity index (χ1v) is 5.54. The van der Waals surface area contributed by atoms with Crippen LogP contribution >= 0.6 is 0 Å². The number of rotatable bonds is 3. The number of aliphatic hydroxyl groups excluding tert-OH is 1. The van der Waals surface area contributed by atoms with Gasteiger partial charge in [-0.25, -0.2) is 4.39 Å². The predicted molar refractivity (Wildman–Crippen MR) is 60.3 cm³/mol. The Bertz CT molecular complexity index is 409. The van der Waals surface area contributed by atoms with Crippen LogP contribution < -0.4 is 4.74 Å². The van der Waals surface area contributed by atoms with Crippen molar-refractivity contribution < 1.29 is 14.2 Å². The highest BCUT2D eigenvalue weighted by Gasteiger charge is 2.50. The Labute approximate surface area is 95.1 Å². The number of aryl methyl sites for hydroxylation is 1. The first-order chi connectivity index (χ1) is 7.51. The van der Waals surface area contributed by atoms with Crippen LogP contribution in [0.2, 0.25) is 0 Å². The van der Waals surface area contributed by atoms with Gasteiger partial charge in [-0.15, -0.1) is 0 Å². The van der Waals surface area contributed by atoms with Gasteiger partial charge in [0.2, 0.25) is 0 Å². The molecular weight excluding hydrogens is 207 g/mol. The molecule has 0 bridgehead atoms. The summed E-state index contributed by atoms with van der Waals surface area (Å²) in [5.74, 6) is 0.444. The van der Waals surface area contributed by atoms with Gasteiger partial charge in [0.15, 0.2) is 0 Å². The predicted octanol–water partition coefficient (Wildman–Crippen LogP) is 2.56. The summed E-state index contributed by atoms with van der Waals surface area (Å²) in [6.45, 7) is 3.47. The Morgan fingerprint density at radius 3 is 2.50 bits per heavy atom. The van der Waals surface area contributed by atoms with E-state index < -0.39 is 6.10 Å². The Hall–Kier alpha value is -1.09. The molecule has 1 aromatic carbocycles. The van der Waals surface area contributed by atoms with Crippen molar-refractivity contribution in [3.8, 4) is 5.75 Å². The van der Waals surface area contributed by atoms with Crippen LogP contribution in [-0.2, 0) is 5.41 Å². The second-order valence-electron chi connectivity index (χ2n) is 4.63. The molecule has 1 fully saturated rings. The molecule has 1 aliphatic carbocycles. The van der Waals surface area contributed by atoms with Crippen LogP contribution in [0.3, 0.4) is 0 Å². The molecular formula is C13H17FO2. The maximum Gasteiger partial charge on any atom is 0.126 e. The summed E-state index contributed by atoms with van der Waals surface area (Å²) in [5.41, 5.74) is 1.08. The number of aliphatic hydroxyl groups is 1. The van der Waals surface area contributed by atoms with Crippen LogP contribution in [-0.4, -0.2) is 18.3 Å². The summed E-state index contributed by atoms with van der Waals surface area (Å²) in [4.78, 5) is 0. The highest BCUT2D eigenvalue weighted by Crippen LogP contribution is 2.54. The first-order valence-electron chi connectivity index (χ1n) is 5.54. The maximum absolute atomic E-state index is 13.6. The zero-order valence-corrected chi connectivity index (χ0v) is 9.88. The Morgan fingerprint density at radius 2 is 2.06 bits per heavy atom. The summed E-state index contributed by atoms with van der Waals surface area (Å²) < 4.78 is 18.9. The van der Waals surface area contributed by atoms with E-state index in [4.69, 9.17) is 4.74 Å². The minimum Gasteiger partial charge on any atom is -0.496 e. The van der Waals surface area contributed by atoms with Gasteiger partial charge < -0.3 is 9.84 Å². The average molecular weight is 224 g/mol. The second kappa shape index (κ2) is 3.74. The third kappa shape index (κ3) is 1.59. The lowest BCUT2D eigenvalue weighted by molar-refractivity contribution is 0.149. The van der Waals surface area contributed by atoms with Crippen molar-refractivity contribution in [2.24, 2.45) is 0 Å². The first kappa shape index (κ1) is 11.4. The van der Waals surface area contributed by atoms with Crippen LogP contribution in [0.5, 0.6) is 5.75 Å². The molecule has 0 saturated heterocycles. The zero-order chi connectivity index (χ0) is 11.9. The summed E-state index contributed by atoms with van der Waals surface area (Å²) in [7, 11) is 1.58. The molecule has 0 heterocycles. The van der Waals surface area contributed by atoms with Crippen molar-refractivity contribution in [3.05, 3.63) is 29.1 Å². The molecule has 0 spiro atoms. The van der Waals surface area contributed by atoms with Crippen LogP contribution in [0.4, 0.5) is 4.39 Å². The zero-order valence-electron chi connectivity index (χ0n) is 9.88. The lowest BCUT2D eigenvalue weighted by Crippen LogP contribution is -2.23. The van der Waals surface area contributed by atoms with Gasteiger partial charge in [0.05, 0.1) is 13.2 Å². The molecule has 2 nitrogen and oxygen atoms in total. The van der Waals surface area contributed by atoms with Gasteiger partial charge in [-0.2, -0.15) is 0 Å². The Balaban J connectivity index is 2.52. The molecule has 16 heavy (non-hydrogen) atoms. The lowest BCUT2D eigenvalue weighted by atomic mass is 9.89. The maximum atomic E-state index is 13.6. The molecule has 0 aromatic heterocycles. The Kier molecular flexibility index (Phi) is 2.66. The normalized spacial score (nSPS) is 19.3. The summed E-state index contributed by atoms with van der Waals surface area (Å²) >= 11 is 0. The molecule has 2 rings (SSSR count). The Morgan fingerprint density at radius 1 is 1.44 bits per heavy atom. The van der Waals surface area contributed by atoms with E-state index in [2.05, 4.69) is 0 Å². The lowest BCUT2D eigenvalue weighted by Gasteiger charge is -2.22. The summed E-state index contributed by atoms with van der Waals surface area (Å²) in [6.07, 6.45) is 1.32. The number of halogens is 1. The summed E-state index contributed by atoms with van der Waals surface area (Å²) in [6, 6.07) is 3.21. The minimum atomic E-state index is -0.469. The van der Waals surface area contributed by atoms with E-state index in [0.717, 1.165) is 18.4 Å². The molecule has 1 atom stereocenters. The number of hydrogen-bond donors (Lipinski definition) is 1. The van der Waals surface area contributed by atoms with Gasteiger partial charge in [0.25, 0.3) is 0 Å². The fourth-order valence-corrected chi connectivity index (χ4v) is 2.26. The molecule has 1 N–H and O–H groups in total. The quantitative estimate of drug-likeness (QED) is 0.855. The molecule has 0 amide bonds. The van der Waals surface area contributed by atoms with Gasteiger partial charge in [-0.05, 0) is 44.4 Å². The largest absolute Gasteiger partial charge is 0.496 e. The molecule has 1 aliphatic rings. The molecule has 1 unspecified atom stereocenters. The van der Waals surface area contributed by atoms with E-state index in [1.165, 1.54) is 6.07 Å². The van der Waals surface area contributed by atoms with Gasteiger partial charge >= 0.3 is 0 Å². The van der Waals surface area contributed by atoms with E-state index >= 15 is 0 Å². The average Bonchev–Trinajstić information content (AvgIpc) is 3.02. The molecule has 3 heteroatoms. The second-order valence-corrected chi connectivity index (χ2v) is 4.63. The molecule has 0 aliphatic heterocycles. The van der Waals surface area contributed by atoms with Crippen molar-refractivity contribution in [3.63, 3.8) is 0 Å². The molecule has 0 radical (unpaired) electrons. The number of hydrogen-bond acceptors (Lipinski definition) is 2. The van der Waals surface area contributed by atoms with Gasteiger partial charge in [-0.1, -0.05) is 0 Å². The van der Waals surface area contributed by atoms with Gasteiger partial charge in [0, 0.05) is 11.0 Å². The van der Waals surface area contributed by atoms with Crippen LogP contribution in [0.15, 0.2) is 12.1 Å². The van der Waals surface area contributed by atoms with E-state index in [-0.39, 0.29) is 11.2 Å². The monoisotopic (exact) mass is 224 g/mol. The minimum absolute atomic E-state index is 0.234. The molecule has 88 valence electrons. The fraction of sp³-hybridized carbons (Fsp3) is 0.538. The van der Waals surface area contributed by atoms with E-state index in [1.54, 1.807) is 27.0 Å². The van der Waals surface area contributed by atoms with Crippen molar-refractivity contribution >= 4 is 0 Å². The van der Waals surface area contributed by atoms with Crippen LogP contribution in [0.1, 0.15) is 30.9 Å². The van der Waals surface area contributed by atoms with E-state index in [9.17, 15) is 9.50 Å². The SMILES string of the molecule is COc1cc(C)c(F)cc1C1(C(C)O)CC1. The van der Waals surface area contributed by atoms with Gasteiger partial charge in [-0.3, -0.25) is 0 Å². The summed E-state index contributed by atoms with van der Waals surface area (Å²) in [5, 5.41) is 9.80. The highest BCUT2D eigenvalue weighted by molar-refractivity contribution is 5.46. The van der Waals surface area contributed by atoms with E-state index in [0.29, 0.717) is 11.3 Å². The van der Waals surface area contributed by atoms with Crippen molar-refractivity contribution in [2.75, 3.05) is 7.11 Å². The van der Waals surface area contributed by atoms with Crippen molar-refractivity contribution in [1.29, 1.82) is 0 Å². The third-order valence-corrected chi connectivity index (χ3v) is 3.61. The van der Waals surface area contributed by atoms with Crippen molar-refractivity contribution in [1.82, 2.24) is 0 Å². The highest BCUT2D eigenvalue weighted by atomic mass is 19.1. The number of benzene rings is 1. The fourth-order valence-electron chi connectivity index (χ4n) is 2.26. The topological polar surface area (TPSA) is 29.5 Å². The smallest absolute Gasteiger partial charge is 0.126 e. The number of methoxy groups -OCH3 is 1. The van der Waals surface area contributed by atoms with Crippen LogP contribution in [0, 0.1) is 12.7 Å². The third-order valence-electron chi connectivity index (χ3n) is 3.61. The van der Waals surface area contributed by atoms with Crippen molar-refractivity contribution in [2.45, 2.75) is 38.2 Å². The standard InChI is InChI=1S/C13H17FO2/c1-8-6-12(16-3)10(7-11(8)14)13(4-5-13)9(2)15/h6-7,9,15H,4-5H2,1-3H3. The van der Waals surface area contributed by atoms with Gasteiger partial charge in [0.1, 0.15) is 11.6 Å². The molecule has 1 aromatic rings. The molecule has 1 saturated carbocycles. The van der Waals surface area contributed by atoms with E-state index in [1.807, 2.05) is 0 Å². The van der Waals surface area contributed by atoms with Crippen LogP contribution in [0.25, 0.3) is 0 Å².